The predicted molar refractivity (Wildman–Crippen MR) is 93.6 cm³/mol. The molecule has 0 spiro atoms. The third kappa shape index (κ3) is 3.09. The Kier molecular flexibility index (Phi) is 4.74. The van der Waals surface area contributed by atoms with Gasteiger partial charge < -0.3 is 15.4 Å². The van der Waals surface area contributed by atoms with Gasteiger partial charge in [-0.05, 0) is 25.3 Å². The number of carbonyl (C=O) groups is 1. The van der Waals surface area contributed by atoms with Crippen LogP contribution in [0.1, 0.15) is 31.4 Å². The fourth-order valence-corrected chi connectivity index (χ4v) is 3.30. The third-order valence-electron chi connectivity index (χ3n) is 4.59. The Hall–Kier alpha value is -2.50. The molecule has 1 aromatic heterocycles. The number of ether oxygens (including phenoxy) is 1. The zero-order chi connectivity index (χ0) is 17.1. The van der Waals surface area contributed by atoms with E-state index >= 15 is 0 Å². The Morgan fingerprint density at radius 3 is 2.58 bits per heavy atom. The van der Waals surface area contributed by atoms with Crippen LogP contribution in [0.2, 0.25) is 0 Å². The van der Waals surface area contributed by atoms with Crippen molar-refractivity contribution in [3.63, 3.8) is 0 Å². The number of nitrogens with zero attached hydrogens (tertiary/aromatic N) is 3. The monoisotopic (exact) mass is 328 g/mol. The van der Waals surface area contributed by atoms with E-state index in [1.807, 2.05) is 32.2 Å². The first-order valence-electron chi connectivity index (χ1n) is 8.41. The molecule has 24 heavy (non-hydrogen) atoms. The zero-order valence-electron chi connectivity index (χ0n) is 14.2. The molecule has 128 valence electrons. The number of nitrogens with two attached hydrogens (primary N) is 1. The highest BCUT2D eigenvalue weighted by atomic mass is 16.6. The molecule has 1 saturated heterocycles. The van der Waals surface area contributed by atoms with Crippen LogP contribution >= 0.6 is 0 Å². The SMILES string of the molecule is CCOC(=O)N1CCC(c2nn(C)c(N)c2-c2ccccc2)CC1. The molecule has 1 amide bonds. The lowest BCUT2D eigenvalue weighted by Crippen LogP contribution is -2.38. The molecular formula is C18H24N4O2. The molecule has 0 unspecified atom stereocenters. The molecule has 0 radical (unpaired) electrons. The molecule has 2 heterocycles. The molecule has 6 heteroatoms. The molecule has 6 nitrogen and oxygen atoms in total. The summed E-state index contributed by atoms with van der Waals surface area (Å²) in [6.45, 7) is 3.61. The van der Waals surface area contributed by atoms with Crippen LogP contribution in [-0.4, -0.2) is 40.5 Å². The molecular weight excluding hydrogens is 304 g/mol. The molecule has 2 N–H and O–H groups in total. The van der Waals surface area contributed by atoms with Crippen molar-refractivity contribution in [3.05, 3.63) is 36.0 Å². The van der Waals surface area contributed by atoms with Crippen molar-refractivity contribution < 1.29 is 9.53 Å². The van der Waals surface area contributed by atoms with E-state index in [0.29, 0.717) is 31.4 Å². The van der Waals surface area contributed by atoms with Crippen molar-refractivity contribution in [2.45, 2.75) is 25.7 Å². The van der Waals surface area contributed by atoms with E-state index in [2.05, 4.69) is 17.2 Å². The van der Waals surface area contributed by atoms with Gasteiger partial charge in [-0.25, -0.2) is 4.79 Å². The van der Waals surface area contributed by atoms with Crippen molar-refractivity contribution in [2.75, 3.05) is 25.4 Å². The third-order valence-corrected chi connectivity index (χ3v) is 4.59. The zero-order valence-corrected chi connectivity index (χ0v) is 14.2. The van der Waals surface area contributed by atoms with Gasteiger partial charge in [0.05, 0.1) is 12.3 Å². The van der Waals surface area contributed by atoms with Gasteiger partial charge in [0, 0.05) is 31.6 Å². The number of piperidine rings is 1. The summed E-state index contributed by atoms with van der Waals surface area (Å²) in [6.07, 6.45) is 1.52. The summed E-state index contributed by atoms with van der Waals surface area (Å²) in [5.74, 6) is 0.985. The van der Waals surface area contributed by atoms with Crippen molar-refractivity contribution in [1.29, 1.82) is 0 Å². The van der Waals surface area contributed by atoms with Crippen molar-refractivity contribution in [1.82, 2.24) is 14.7 Å². The fourth-order valence-electron chi connectivity index (χ4n) is 3.30. The van der Waals surface area contributed by atoms with Crippen molar-refractivity contribution in [3.8, 4) is 11.1 Å². The molecule has 1 aliphatic heterocycles. The maximum absolute atomic E-state index is 11.9. The lowest BCUT2D eigenvalue weighted by Gasteiger charge is -2.30. The van der Waals surface area contributed by atoms with Crippen molar-refractivity contribution in [2.24, 2.45) is 7.05 Å². The normalized spacial score (nSPS) is 15.5. The van der Waals surface area contributed by atoms with E-state index in [0.717, 1.165) is 29.7 Å². The molecule has 0 aliphatic carbocycles. The smallest absolute Gasteiger partial charge is 0.409 e. The molecule has 1 aliphatic rings. The average Bonchev–Trinajstić information content (AvgIpc) is 2.91. The van der Waals surface area contributed by atoms with Gasteiger partial charge in [-0.15, -0.1) is 0 Å². The second kappa shape index (κ2) is 6.95. The minimum absolute atomic E-state index is 0.222. The quantitative estimate of drug-likeness (QED) is 0.940. The number of nitrogen functional groups attached to an aromatic ring is 1. The first-order valence-corrected chi connectivity index (χ1v) is 8.41. The predicted octanol–water partition coefficient (Wildman–Crippen LogP) is 3.01. The first-order chi connectivity index (χ1) is 11.6. The van der Waals surface area contributed by atoms with Crippen molar-refractivity contribution >= 4 is 11.9 Å². The summed E-state index contributed by atoms with van der Waals surface area (Å²) < 4.78 is 6.83. The van der Waals surface area contributed by atoms with Crippen LogP contribution in [0.25, 0.3) is 11.1 Å². The second-order valence-corrected chi connectivity index (χ2v) is 6.10. The Morgan fingerprint density at radius 2 is 1.96 bits per heavy atom. The molecule has 0 saturated carbocycles. The van der Waals surface area contributed by atoms with Gasteiger partial charge in [0.2, 0.25) is 0 Å². The number of hydrogen-bond acceptors (Lipinski definition) is 4. The van der Waals surface area contributed by atoms with Crippen LogP contribution in [0.5, 0.6) is 0 Å². The number of likely N-dealkylation sites (tertiary alicyclic amines) is 1. The first kappa shape index (κ1) is 16.4. The van der Waals surface area contributed by atoms with E-state index in [1.165, 1.54) is 0 Å². The van der Waals surface area contributed by atoms with Crippen LogP contribution in [0.4, 0.5) is 10.6 Å². The van der Waals surface area contributed by atoms with Gasteiger partial charge in [-0.2, -0.15) is 5.10 Å². The number of amides is 1. The second-order valence-electron chi connectivity index (χ2n) is 6.10. The van der Waals surface area contributed by atoms with Crippen LogP contribution in [0, 0.1) is 0 Å². The summed E-state index contributed by atoms with van der Waals surface area (Å²) in [6, 6.07) is 10.1. The van der Waals surface area contributed by atoms with Crippen LogP contribution in [0.15, 0.2) is 30.3 Å². The number of benzene rings is 1. The van der Waals surface area contributed by atoms with Gasteiger partial charge in [0.25, 0.3) is 0 Å². The maximum Gasteiger partial charge on any atom is 0.409 e. The van der Waals surface area contributed by atoms with E-state index in [9.17, 15) is 4.79 Å². The summed E-state index contributed by atoms with van der Waals surface area (Å²) in [5.41, 5.74) is 9.42. The summed E-state index contributed by atoms with van der Waals surface area (Å²) in [4.78, 5) is 13.6. The molecule has 2 aromatic rings. The van der Waals surface area contributed by atoms with Crippen LogP contribution in [0.3, 0.4) is 0 Å². The maximum atomic E-state index is 11.9. The van der Waals surface area contributed by atoms with Gasteiger partial charge in [-0.3, -0.25) is 4.68 Å². The Morgan fingerprint density at radius 1 is 1.29 bits per heavy atom. The molecule has 3 rings (SSSR count). The lowest BCUT2D eigenvalue weighted by atomic mass is 9.89. The van der Waals surface area contributed by atoms with E-state index in [4.69, 9.17) is 10.5 Å². The lowest BCUT2D eigenvalue weighted by molar-refractivity contribution is 0.0968. The van der Waals surface area contributed by atoms with E-state index < -0.39 is 0 Å². The number of aromatic nitrogens is 2. The summed E-state index contributed by atoms with van der Waals surface area (Å²) >= 11 is 0. The van der Waals surface area contributed by atoms with Crippen LogP contribution < -0.4 is 5.73 Å². The molecule has 1 aromatic carbocycles. The highest BCUT2D eigenvalue weighted by Gasteiger charge is 2.29. The average molecular weight is 328 g/mol. The number of hydrogen-bond donors (Lipinski definition) is 1. The highest BCUT2D eigenvalue weighted by molar-refractivity contribution is 5.77. The van der Waals surface area contributed by atoms with Gasteiger partial charge >= 0.3 is 6.09 Å². The Labute approximate surface area is 142 Å². The summed E-state index contributed by atoms with van der Waals surface area (Å²) in [7, 11) is 1.87. The molecule has 1 fully saturated rings. The van der Waals surface area contributed by atoms with Gasteiger partial charge in [0.15, 0.2) is 0 Å². The van der Waals surface area contributed by atoms with E-state index in [-0.39, 0.29) is 6.09 Å². The van der Waals surface area contributed by atoms with Gasteiger partial charge in [-0.1, -0.05) is 30.3 Å². The minimum atomic E-state index is -0.222. The highest BCUT2D eigenvalue weighted by Crippen LogP contribution is 2.37. The Balaban J connectivity index is 1.82. The van der Waals surface area contributed by atoms with Gasteiger partial charge in [0.1, 0.15) is 5.82 Å². The van der Waals surface area contributed by atoms with E-state index in [1.54, 1.807) is 9.58 Å². The number of carbonyl (C=O) groups excluding carboxylic acids is 1. The largest absolute Gasteiger partial charge is 0.450 e. The standard InChI is InChI=1S/C18H24N4O2/c1-3-24-18(23)22-11-9-14(10-12-22)16-15(17(19)21(2)20-16)13-7-5-4-6-8-13/h4-8,14H,3,9-12,19H2,1-2H3. The molecule has 0 bridgehead atoms. The number of rotatable bonds is 3. The van der Waals surface area contributed by atoms with Crippen LogP contribution in [-0.2, 0) is 11.8 Å². The molecule has 0 atom stereocenters. The minimum Gasteiger partial charge on any atom is -0.450 e. The fraction of sp³-hybridized carbons (Fsp3) is 0.444. The Bertz CT molecular complexity index is 703. The summed E-state index contributed by atoms with van der Waals surface area (Å²) in [5, 5.41) is 4.67. The number of aryl methyl sites for hydroxylation is 1. The number of anilines is 1. The topological polar surface area (TPSA) is 73.4 Å².